The minimum atomic E-state index is -0.945. The Labute approximate surface area is 220 Å². The molecule has 0 unspecified atom stereocenters. The average molecular weight is 509 g/mol. The van der Waals surface area contributed by atoms with Crippen LogP contribution in [0.5, 0.6) is 0 Å². The van der Waals surface area contributed by atoms with Gasteiger partial charge >= 0.3 is 7.12 Å². The van der Waals surface area contributed by atoms with Gasteiger partial charge in [-0.2, -0.15) is 0 Å². The second kappa shape index (κ2) is 10.9. The SMILES string of the molecule is C/C(=C\c1ccc(CO)o1)CC[C@H]1OB(O)C[C@H]2C1=C(C(C)C)C[C@H]1C(=O)N(C3CCCCC3)C(=O)[C@H]12. The minimum Gasteiger partial charge on any atom is -0.459 e. The Kier molecular flexibility index (Phi) is 7.80. The van der Waals surface area contributed by atoms with Crippen molar-refractivity contribution in [3.05, 3.63) is 40.4 Å². The molecule has 1 saturated carbocycles. The van der Waals surface area contributed by atoms with Crippen molar-refractivity contribution in [3.8, 4) is 0 Å². The Morgan fingerprint density at radius 2 is 1.92 bits per heavy atom. The first-order valence-corrected chi connectivity index (χ1v) is 14.1. The Morgan fingerprint density at radius 1 is 1.16 bits per heavy atom. The number of aliphatic hydroxyl groups is 1. The summed E-state index contributed by atoms with van der Waals surface area (Å²) in [6, 6.07) is 3.64. The Morgan fingerprint density at radius 3 is 2.59 bits per heavy atom. The molecule has 5 rings (SSSR count). The van der Waals surface area contributed by atoms with Gasteiger partial charge in [-0.3, -0.25) is 14.5 Å². The van der Waals surface area contributed by atoms with Crippen LogP contribution in [0, 0.1) is 23.7 Å². The smallest absolute Gasteiger partial charge is 0.455 e. The molecule has 1 aromatic heterocycles. The fourth-order valence-corrected chi connectivity index (χ4v) is 7.20. The van der Waals surface area contributed by atoms with Crippen molar-refractivity contribution in [2.75, 3.05) is 0 Å². The molecular weight excluding hydrogens is 469 g/mol. The van der Waals surface area contributed by atoms with E-state index < -0.39 is 7.12 Å². The molecule has 4 aliphatic rings. The summed E-state index contributed by atoms with van der Waals surface area (Å²) >= 11 is 0. The second-order valence-corrected chi connectivity index (χ2v) is 11.7. The van der Waals surface area contributed by atoms with Crippen LogP contribution in [0.4, 0.5) is 0 Å². The number of carbonyl (C=O) groups excluding carboxylic acids is 2. The molecular formula is C29H40BNO6. The molecule has 3 heterocycles. The topological polar surface area (TPSA) is 100 Å². The van der Waals surface area contributed by atoms with Gasteiger partial charge in [0.15, 0.2) is 0 Å². The van der Waals surface area contributed by atoms with Crippen molar-refractivity contribution in [3.63, 3.8) is 0 Å². The van der Waals surface area contributed by atoms with Crippen molar-refractivity contribution in [2.24, 2.45) is 23.7 Å². The highest BCUT2D eigenvalue weighted by molar-refractivity contribution is 6.43. The molecule has 2 aliphatic heterocycles. The van der Waals surface area contributed by atoms with Crippen LogP contribution < -0.4 is 0 Å². The molecule has 2 N–H and O–H groups in total. The molecule has 3 fully saturated rings. The van der Waals surface area contributed by atoms with Crippen molar-refractivity contribution in [2.45, 2.75) is 97.2 Å². The number of furan rings is 1. The quantitative estimate of drug-likeness (QED) is 0.313. The van der Waals surface area contributed by atoms with E-state index in [9.17, 15) is 19.7 Å². The lowest BCUT2D eigenvalue weighted by Crippen LogP contribution is -2.47. The van der Waals surface area contributed by atoms with E-state index in [1.807, 2.05) is 19.1 Å². The molecule has 200 valence electrons. The van der Waals surface area contributed by atoms with Gasteiger partial charge in [0.25, 0.3) is 0 Å². The van der Waals surface area contributed by atoms with Crippen LogP contribution in [0.15, 0.2) is 33.3 Å². The Balaban J connectivity index is 1.40. The number of carbonyl (C=O) groups is 2. The van der Waals surface area contributed by atoms with Crippen molar-refractivity contribution in [1.29, 1.82) is 0 Å². The summed E-state index contributed by atoms with van der Waals surface area (Å²) in [6.07, 6.45) is 9.22. The van der Waals surface area contributed by atoms with E-state index in [2.05, 4.69) is 13.8 Å². The average Bonchev–Trinajstić information content (AvgIpc) is 3.43. The predicted octanol–water partition coefficient (Wildman–Crippen LogP) is 4.74. The van der Waals surface area contributed by atoms with Gasteiger partial charge in [-0.1, -0.05) is 44.3 Å². The number of aliphatic hydroxyl groups excluding tert-OH is 1. The summed E-state index contributed by atoms with van der Waals surface area (Å²) < 4.78 is 11.7. The van der Waals surface area contributed by atoms with Gasteiger partial charge in [0.2, 0.25) is 11.8 Å². The van der Waals surface area contributed by atoms with Gasteiger partial charge in [0.1, 0.15) is 18.1 Å². The third-order valence-corrected chi connectivity index (χ3v) is 8.94. The van der Waals surface area contributed by atoms with Gasteiger partial charge in [-0.05, 0) is 81.0 Å². The van der Waals surface area contributed by atoms with E-state index in [4.69, 9.17) is 9.07 Å². The summed E-state index contributed by atoms with van der Waals surface area (Å²) in [7, 11) is -0.945. The van der Waals surface area contributed by atoms with Crippen molar-refractivity contribution < 1.29 is 28.8 Å². The number of hydrogen-bond donors (Lipinski definition) is 2. The third-order valence-electron chi connectivity index (χ3n) is 8.94. The number of amides is 2. The number of imide groups is 1. The molecule has 4 atom stereocenters. The summed E-state index contributed by atoms with van der Waals surface area (Å²) in [5.41, 5.74) is 3.49. The van der Waals surface area contributed by atoms with Crippen molar-refractivity contribution in [1.82, 2.24) is 4.90 Å². The summed E-state index contributed by atoms with van der Waals surface area (Å²) in [6.45, 7) is 6.22. The van der Waals surface area contributed by atoms with Gasteiger partial charge in [0.05, 0.1) is 17.9 Å². The second-order valence-electron chi connectivity index (χ2n) is 11.7. The van der Waals surface area contributed by atoms with Crippen LogP contribution in [0.3, 0.4) is 0 Å². The highest BCUT2D eigenvalue weighted by Gasteiger charge is 2.58. The maximum Gasteiger partial charge on any atom is 0.455 e. The van der Waals surface area contributed by atoms with Gasteiger partial charge < -0.3 is 19.2 Å². The predicted molar refractivity (Wildman–Crippen MR) is 141 cm³/mol. The molecule has 2 aliphatic carbocycles. The van der Waals surface area contributed by atoms with Gasteiger partial charge in [0, 0.05) is 6.04 Å². The lowest BCUT2D eigenvalue weighted by Gasteiger charge is -2.44. The third kappa shape index (κ3) is 5.12. The maximum atomic E-state index is 13.8. The number of rotatable bonds is 7. The maximum absolute atomic E-state index is 13.8. The zero-order valence-corrected chi connectivity index (χ0v) is 22.3. The first kappa shape index (κ1) is 26.5. The monoisotopic (exact) mass is 509 g/mol. The molecule has 2 amide bonds. The van der Waals surface area contributed by atoms with E-state index in [-0.39, 0.29) is 54.2 Å². The van der Waals surface area contributed by atoms with Crippen LogP contribution in [0.2, 0.25) is 6.32 Å². The lowest BCUT2D eigenvalue weighted by atomic mass is 9.57. The fourth-order valence-electron chi connectivity index (χ4n) is 7.20. The van der Waals surface area contributed by atoms with E-state index in [0.29, 0.717) is 30.7 Å². The summed E-state index contributed by atoms with van der Waals surface area (Å²) in [4.78, 5) is 29.1. The van der Waals surface area contributed by atoms with Crippen LogP contribution >= 0.6 is 0 Å². The number of allylic oxidation sites excluding steroid dienone is 2. The van der Waals surface area contributed by atoms with Gasteiger partial charge in [-0.15, -0.1) is 0 Å². The van der Waals surface area contributed by atoms with Crippen molar-refractivity contribution >= 4 is 25.0 Å². The van der Waals surface area contributed by atoms with E-state index >= 15 is 0 Å². The van der Waals surface area contributed by atoms with Gasteiger partial charge in [-0.25, -0.2) is 0 Å². The largest absolute Gasteiger partial charge is 0.459 e. The first-order valence-electron chi connectivity index (χ1n) is 14.1. The number of nitrogens with zero attached hydrogens (tertiary/aromatic N) is 1. The van der Waals surface area contributed by atoms with Crippen LogP contribution in [-0.4, -0.2) is 46.1 Å². The standard InChI is InChI=1S/C29H40BNO6/c1-17(2)22-14-23-27(29(34)31(28(23)33)19-7-5-4-6-8-19)24-15-30(35)37-25(26(22)24)12-9-18(3)13-20-10-11-21(16-32)36-20/h10-11,13,17,19,23-25,27,32,35H,4-9,12,14-16H2,1-3H3/b18-13+/t23-,24+,25-,27-/m1/s1. The fraction of sp³-hybridized carbons (Fsp3) is 0.655. The number of likely N-dealkylation sites (tertiary alicyclic amines) is 1. The normalized spacial score (nSPS) is 29.4. The molecule has 8 heteroatoms. The molecule has 37 heavy (non-hydrogen) atoms. The van der Waals surface area contributed by atoms with Crippen LogP contribution in [-0.2, 0) is 20.9 Å². The molecule has 0 radical (unpaired) electrons. The van der Waals surface area contributed by atoms with E-state index in [1.165, 1.54) is 12.0 Å². The van der Waals surface area contributed by atoms with Crippen LogP contribution in [0.1, 0.15) is 83.7 Å². The lowest BCUT2D eigenvalue weighted by molar-refractivity contribution is -0.143. The Bertz CT molecular complexity index is 1080. The van der Waals surface area contributed by atoms with E-state index in [0.717, 1.165) is 43.3 Å². The molecule has 0 bridgehead atoms. The number of fused-ring (bicyclic) bond motifs is 3. The molecule has 7 nitrogen and oxygen atoms in total. The molecule has 2 saturated heterocycles. The van der Waals surface area contributed by atoms with Crippen LogP contribution in [0.25, 0.3) is 6.08 Å². The minimum absolute atomic E-state index is 0.0103. The highest BCUT2D eigenvalue weighted by Crippen LogP contribution is 2.52. The summed E-state index contributed by atoms with van der Waals surface area (Å²) in [5, 5.41) is 20.0. The van der Waals surface area contributed by atoms with E-state index in [1.54, 1.807) is 11.0 Å². The summed E-state index contributed by atoms with van der Waals surface area (Å²) in [5.74, 6) is 0.605. The first-order chi connectivity index (χ1) is 17.8. The molecule has 0 spiro atoms. The zero-order valence-electron chi connectivity index (χ0n) is 22.3. The highest BCUT2D eigenvalue weighted by atomic mass is 16.5. The zero-order chi connectivity index (χ0) is 26.3. The molecule has 0 aromatic carbocycles. The molecule has 1 aromatic rings. The number of hydrogen-bond acceptors (Lipinski definition) is 6. The Hall–Kier alpha value is -2.16.